The number of ether oxygens (including phenoxy) is 1. The van der Waals surface area contributed by atoms with Gasteiger partial charge < -0.3 is 10.5 Å². The average Bonchev–Trinajstić information content (AvgIpc) is 2.14. The van der Waals surface area contributed by atoms with E-state index in [1.807, 2.05) is 0 Å². The fourth-order valence-corrected chi connectivity index (χ4v) is 1.96. The molecular weight excluding hydrogens is 176 g/mol. The van der Waals surface area contributed by atoms with Gasteiger partial charge in [-0.25, -0.2) is 0 Å². The molecule has 2 N–H and O–H groups in total. The van der Waals surface area contributed by atoms with Crippen molar-refractivity contribution in [3.63, 3.8) is 0 Å². The van der Waals surface area contributed by atoms with Gasteiger partial charge in [0, 0.05) is 19.7 Å². The van der Waals surface area contributed by atoms with Crippen LogP contribution in [0.2, 0.25) is 0 Å². The van der Waals surface area contributed by atoms with Crippen LogP contribution in [-0.4, -0.2) is 43.3 Å². The molecule has 1 atom stereocenters. The minimum Gasteiger partial charge on any atom is -0.383 e. The highest BCUT2D eigenvalue weighted by molar-refractivity contribution is 4.88. The van der Waals surface area contributed by atoms with Crippen molar-refractivity contribution < 1.29 is 4.74 Å². The molecule has 0 bridgehead atoms. The monoisotopic (exact) mass is 202 g/mol. The van der Waals surface area contributed by atoms with Crippen LogP contribution >= 0.6 is 0 Å². The molecule has 1 unspecified atom stereocenters. The standard InChI is InChI=1S/C11H26N2O/c1-6-7-13(10(2)3)11(4,8-12)9-14-5/h10H,6-9,12H2,1-5H3. The van der Waals surface area contributed by atoms with Gasteiger partial charge in [-0.05, 0) is 33.7 Å². The Morgan fingerprint density at radius 3 is 2.29 bits per heavy atom. The van der Waals surface area contributed by atoms with E-state index in [0.717, 1.165) is 13.0 Å². The number of nitrogens with two attached hydrogens (primary N) is 1. The Balaban J connectivity index is 4.55. The molecule has 0 aliphatic rings. The molecule has 0 radical (unpaired) electrons. The van der Waals surface area contributed by atoms with E-state index in [2.05, 4.69) is 32.6 Å². The summed E-state index contributed by atoms with van der Waals surface area (Å²) in [6.07, 6.45) is 1.15. The summed E-state index contributed by atoms with van der Waals surface area (Å²) in [7, 11) is 1.73. The molecule has 14 heavy (non-hydrogen) atoms. The van der Waals surface area contributed by atoms with Gasteiger partial charge in [-0.3, -0.25) is 4.90 Å². The molecule has 0 spiro atoms. The van der Waals surface area contributed by atoms with Crippen molar-refractivity contribution in [2.45, 2.75) is 45.7 Å². The van der Waals surface area contributed by atoms with Crippen LogP contribution in [0.25, 0.3) is 0 Å². The first-order valence-electron chi connectivity index (χ1n) is 5.47. The van der Waals surface area contributed by atoms with E-state index >= 15 is 0 Å². The molecule has 0 fully saturated rings. The number of hydrogen-bond acceptors (Lipinski definition) is 3. The molecule has 0 rings (SSSR count). The Morgan fingerprint density at radius 1 is 1.43 bits per heavy atom. The molecule has 0 saturated heterocycles. The summed E-state index contributed by atoms with van der Waals surface area (Å²) in [5, 5.41) is 0. The Labute approximate surface area is 88.6 Å². The molecule has 3 nitrogen and oxygen atoms in total. The molecule has 0 aliphatic heterocycles. The first-order valence-corrected chi connectivity index (χ1v) is 5.47. The van der Waals surface area contributed by atoms with Crippen molar-refractivity contribution >= 4 is 0 Å². The van der Waals surface area contributed by atoms with Crippen molar-refractivity contribution in [1.29, 1.82) is 0 Å². The maximum atomic E-state index is 5.84. The summed E-state index contributed by atoms with van der Waals surface area (Å²) >= 11 is 0. The van der Waals surface area contributed by atoms with Gasteiger partial charge in [0.25, 0.3) is 0 Å². The third-order valence-corrected chi connectivity index (χ3v) is 2.68. The van der Waals surface area contributed by atoms with Crippen molar-refractivity contribution in [1.82, 2.24) is 4.90 Å². The molecule has 0 amide bonds. The molecule has 0 saturated carbocycles. The quantitative estimate of drug-likeness (QED) is 0.679. The van der Waals surface area contributed by atoms with Crippen LogP contribution in [0.15, 0.2) is 0 Å². The smallest absolute Gasteiger partial charge is 0.0656 e. The van der Waals surface area contributed by atoms with E-state index in [9.17, 15) is 0 Å². The second-order valence-corrected chi connectivity index (χ2v) is 4.42. The van der Waals surface area contributed by atoms with Crippen LogP contribution < -0.4 is 5.73 Å². The van der Waals surface area contributed by atoms with Crippen molar-refractivity contribution in [2.75, 3.05) is 26.8 Å². The van der Waals surface area contributed by atoms with Gasteiger partial charge in [0.1, 0.15) is 0 Å². The van der Waals surface area contributed by atoms with E-state index in [0.29, 0.717) is 19.2 Å². The molecule has 86 valence electrons. The molecule has 0 aromatic heterocycles. The molecule has 0 heterocycles. The lowest BCUT2D eigenvalue weighted by Crippen LogP contribution is -2.57. The fourth-order valence-electron chi connectivity index (χ4n) is 1.96. The second kappa shape index (κ2) is 6.38. The van der Waals surface area contributed by atoms with Gasteiger partial charge in [-0.2, -0.15) is 0 Å². The van der Waals surface area contributed by atoms with E-state index < -0.39 is 0 Å². The molecular formula is C11H26N2O. The summed E-state index contributed by atoms with van der Waals surface area (Å²) in [6.45, 7) is 11.2. The molecule has 3 heteroatoms. The third kappa shape index (κ3) is 3.56. The zero-order chi connectivity index (χ0) is 11.2. The maximum absolute atomic E-state index is 5.84. The fraction of sp³-hybridized carbons (Fsp3) is 1.00. The van der Waals surface area contributed by atoms with Gasteiger partial charge >= 0.3 is 0 Å². The Bertz CT molecular complexity index is 150. The number of methoxy groups -OCH3 is 1. The highest BCUT2D eigenvalue weighted by atomic mass is 16.5. The maximum Gasteiger partial charge on any atom is 0.0656 e. The van der Waals surface area contributed by atoms with Gasteiger partial charge in [0.05, 0.1) is 12.1 Å². The third-order valence-electron chi connectivity index (χ3n) is 2.68. The average molecular weight is 202 g/mol. The first-order chi connectivity index (χ1) is 6.51. The molecule has 0 aromatic rings. The first kappa shape index (κ1) is 13.9. The number of hydrogen-bond donors (Lipinski definition) is 1. The van der Waals surface area contributed by atoms with Gasteiger partial charge in [0.15, 0.2) is 0 Å². The topological polar surface area (TPSA) is 38.5 Å². The molecule has 0 aromatic carbocycles. The van der Waals surface area contributed by atoms with Crippen LogP contribution in [-0.2, 0) is 4.74 Å². The van der Waals surface area contributed by atoms with E-state index in [1.165, 1.54) is 0 Å². The van der Waals surface area contributed by atoms with Crippen LogP contribution in [0, 0.1) is 0 Å². The van der Waals surface area contributed by atoms with E-state index in [-0.39, 0.29) is 5.54 Å². The summed E-state index contributed by atoms with van der Waals surface area (Å²) in [4.78, 5) is 2.43. The lowest BCUT2D eigenvalue weighted by atomic mass is 9.99. The van der Waals surface area contributed by atoms with Gasteiger partial charge in [0.2, 0.25) is 0 Å². The van der Waals surface area contributed by atoms with Crippen LogP contribution in [0.1, 0.15) is 34.1 Å². The summed E-state index contributed by atoms with van der Waals surface area (Å²) in [6, 6.07) is 0.513. The lowest BCUT2D eigenvalue weighted by Gasteiger charge is -2.42. The van der Waals surface area contributed by atoms with Crippen LogP contribution in [0.4, 0.5) is 0 Å². The summed E-state index contributed by atoms with van der Waals surface area (Å²) in [5.74, 6) is 0. The number of rotatable bonds is 7. The normalized spacial score (nSPS) is 16.3. The van der Waals surface area contributed by atoms with Crippen molar-refractivity contribution in [3.8, 4) is 0 Å². The predicted molar refractivity (Wildman–Crippen MR) is 61.5 cm³/mol. The summed E-state index contributed by atoms with van der Waals surface area (Å²) in [5.41, 5.74) is 5.81. The zero-order valence-electron chi connectivity index (χ0n) is 10.3. The zero-order valence-corrected chi connectivity index (χ0v) is 10.3. The van der Waals surface area contributed by atoms with E-state index in [1.54, 1.807) is 7.11 Å². The largest absolute Gasteiger partial charge is 0.383 e. The SMILES string of the molecule is CCCN(C(C)C)C(C)(CN)COC. The highest BCUT2D eigenvalue weighted by Gasteiger charge is 2.31. The van der Waals surface area contributed by atoms with Crippen molar-refractivity contribution in [2.24, 2.45) is 5.73 Å². The Hall–Kier alpha value is -0.120. The molecule has 0 aliphatic carbocycles. The Morgan fingerprint density at radius 2 is 2.00 bits per heavy atom. The Kier molecular flexibility index (Phi) is 6.33. The minimum atomic E-state index is -0.0288. The highest BCUT2D eigenvalue weighted by Crippen LogP contribution is 2.18. The minimum absolute atomic E-state index is 0.0288. The second-order valence-electron chi connectivity index (χ2n) is 4.42. The lowest BCUT2D eigenvalue weighted by molar-refractivity contribution is 0.00774. The predicted octanol–water partition coefficient (Wildman–Crippen LogP) is 1.47. The van der Waals surface area contributed by atoms with Crippen molar-refractivity contribution in [3.05, 3.63) is 0 Å². The number of nitrogens with zero attached hydrogens (tertiary/aromatic N) is 1. The van der Waals surface area contributed by atoms with Crippen LogP contribution in [0.3, 0.4) is 0 Å². The summed E-state index contributed by atoms with van der Waals surface area (Å²) < 4.78 is 5.25. The van der Waals surface area contributed by atoms with Gasteiger partial charge in [-0.15, -0.1) is 0 Å². The van der Waals surface area contributed by atoms with E-state index in [4.69, 9.17) is 10.5 Å². The van der Waals surface area contributed by atoms with Crippen LogP contribution in [0.5, 0.6) is 0 Å². The van der Waals surface area contributed by atoms with Gasteiger partial charge in [-0.1, -0.05) is 6.92 Å².